The van der Waals surface area contributed by atoms with Gasteiger partial charge in [-0.1, -0.05) is 23.2 Å². The molecule has 1 amide bonds. The van der Waals surface area contributed by atoms with Crippen LogP contribution < -0.4 is 14.4 Å². The molecule has 2 heterocycles. The molecule has 2 aromatic carbocycles. The molecule has 1 aromatic heterocycles. The normalized spacial score (nSPS) is 15.1. The molecule has 31 heavy (non-hydrogen) atoms. The average Bonchev–Trinajstić information content (AvgIpc) is 3.25. The van der Waals surface area contributed by atoms with Gasteiger partial charge in [-0.3, -0.25) is 13.8 Å². The number of hydrogen-bond donors (Lipinski definition) is 1. The van der Waals surface area contributed by atoms with Crippen LogP contribution in [0.25, 0.3) is 0 Å². The van der Waals surface area contributed by atoms with Crippen LogP contribution in [0, 0.1) is 0 Å². The second-order valence-electron chi connectivity index (χ2n) is 6.99. The third kappa shape index (κ3) is 4.79. The molecule has 1 aliphatic rings. The summed E-state index contributed by atoms with van der Waals surface area (Å²) in [4.78, 5) is 12.9. The highest BCUT2D eigenvalue weighted by atomic mass is 35.5. The molecular formula is C20H18Cl2N4O4S. The number of anilines is 2. The van der Waals surface area contributed by atoms with Crippen molar-refractivity contribution < 1.29 is 17.9 Å². The summed E-state index contributed by atoms with van der Waals surface area (Å²) >= 11 is 12.4. The number of rotatable bonds is 5. The van der Waals surface area contributed by atoms with E-state index in [4.69, 9.17) is 27.9 Å². The first-order valence-corrected chi connectivity index (χ1v) is 11.7. The molecule has 0 saturated carbocycles. The number of nitrogens with zero attached hydrogens (tertiary/aromatic N) is 3. The number of sulfonamides is 1. The van der Waals surface area contributed by atoms with E-state index in [0.717, 1.165) is 0 Å². The molecule has 1 N–H and O–H groups in total. The maximum absolute atomic E-state index is 12.9. The fourth-order valence-electron chi connectivity index (χ4n) is 3.25. The Morgan fingerprint density at radius 3 is 2.65 bits per heavy atom. The lowest BCUT2D eigenvalue weighted by Crippen LogP contribution is -2.25. The number of aryl methyl sites for hydroxylation is 1. The topological polar surface area (TPSA) is 93.5 Å². The van der Waals surface area contributed by atoms with E-state index in [-0.39, 0.29) is 16.3 Å². The van der Waals surface area contributed by atoms with Gasteiger partial charge in [-0.25, -0.2) is 8.42 Å². The molecule has 0 radical (unpaired) electrons. The molecule has 0 bridgehead atoms. The quantitative estimate of drug-likeness (QED) is 0.586. The highest BCUT2D eigenvalue weighted by Gasteiger charge is 2.29. The summed E-state index contributed by atoms with van der Waals surface area (Å²) in [7, 11) is -1.61. The van der Waals surface area contributed by atoms with E-state index in [1.165, 1.54) is 16.4 Å². The van der Waals surface area contributed by atoms with Crippen LogP contribution in [-0.4, -0.2) is 36.4 Å². The van der Waals surface area contributed by atoms with E-state index in [9.17, 15) is 13.2 Å². The third-order valence-electron chi connectivity index (χ3n) is 4.63. The molecule has 162 valence electrons. The van der Waals surface area contributed by atoms with E-state index in [0.29, 0.717) is 40.9 Å². The molecule has 1 saturated heterocycles. The molecule has 1 aliphatic heterocycles. The summed E-state index contributed by atoms with van der Waals surface area (Å²) in [5.74, 6) is 0.515. The van der Waals surface area contributed by atoms with Gasteiger partial charge in [-0.2, -0.15) is 5.10 Å². The fraction of sp³-hybridized carbons (Fsp3) is 0.200. The number of carbonyl (C=O) groups is 1. The number of aromatic nitrogens is 2. The molecule has 0 aliphatic carbocycles. The number of halogens is 2. The lowest BCUT2D eigenvalue weighted by atomic mass is 10.1. The van der Waals surface area contributed by atoms with Crippen molar-refractivity contribution in [2.24, 2.45) is 7.05 Å². The van der Waals surface area contributed by atoms with Crippen molar-refractivity contribution in [2.45, 2.75) is 6.42 Å². The van der Waals surface area contributed by atoms with Crippen LogP contribution in [0.5, 0.6) is 11.5 Å². The smallest absolute Gasteiger partial charge is 0.257 e. The van der Waals surface area contributed by atoms with Gasteiger partial charge >= 0.3 is 0 Å². The van der Waals surface area contributed by atoms with Crippen LogP contribution in [-0.2, 0) is 17.1 Å². The molecule has 0 spiro atoms. The van der Waals surface area contributed by atoms with Crippen molar-refractivity contribution in [3.05, 3.63) is 64.4 Å². The van der Waals surface area contributed by atoms with Gasteiger partial charge in [0.25, 0.3) is 5.91 Å². The van der Waals surface area contributed by atoms with Crippen molar-refractivity contribution in [1.82, 2.24) is 9.78 Å². The Balaban J connectivity index is 1.57. The van der Waals surface area contributed by atoms with Gasteiger partial charge < -0.3 is 10.1 Å². The van der Waals surface area contributed by atoms with Crippen molar-refractivity contribution in [3.63, 3.8) is 0 Å². The van der Waals surface area contributed by atoms with Crippen LogP contribution >= 0.6 is 23.2 Å². The van der Waals surface area contributed by atoms with Crippen LogP contribution in [0.4, 0.5) is 11.4 Å². The van der Waals surface area contributed by atoms with Crippen molar-refractivity contribution >= 4 is 50.5 Å². The summed E-state index contributed by atoms with van der Waals surface area (Å²) < 4.78 is 33.0. The second-order valence-corrected chi connectivity index (χ2v) is 9.84. The van der Waals surface area contributed by atoms with Crippen LogP contribution in [0.15, 0.2) is 48.8 Å². The standard InChI is InChI=1S/C20H18Cl2N4O4S/c1-25-12-17(11-23-25)30-16-8-13(21)7-14(9-16)24-20(27)18-10-15(3-4-19(18)22)26-5-2-6-31(26,28)29/h3-4,7-12H,2,5-6H2,1H3,(H,24,27). The summed E-state index contributed by atoms with van der Waals surface area (Å²) in [6.45, 7) is 0.369. The van der Waals surface area contributed by atoms with Gasteiger partial charge in [-0.05, 0) is 36.8 Å². The average molecular weight is 481 g/mol. The van der Waals surface area contributed by atoms with Crippen LogP contribution in [0.1, 0.15) is 16.8 Å². The largest absolute Gasteiger partial charge is 0.454 e. The zero-order chi connectivity index (χ0) is 22.2. The zero-order valence-corrected chi connectivity index (χ0v) is 18.7. The van der Waals surface area contributed by atoms with E-state index < -0.39 is 15.9 Å². The molecular weight excluding hydrogens is 463 g/mol. The first-order chi connectivity index (χ1) is 14.7. The van der Waals surface area contributed by atoms with Gasteiger partial charge in [0.1, 0.15) is 5.75 Å². The van der Waals surface area contributed by atoms with E-state index in [1.54, 1.807) is 48.4 Å². The highest BCUT2D eigenvalue weighted by Crippen LogP contribution is 2.31. The van der Waals surface area contributed by atoms with Crippen molar-refractivity contribution in [1.29, 1.82) is 0 Å². The summed E-state index contributed by atoms with van der Waals surface area (Å²) in [6.07, 6.45) is 3.78. The number of ether oxygens (including phenoxy) is 1. The molecule has 4 rings (SSSR count). The lowest BCUT2D eigenvalue weighted by molar-refractivity contribution is 0.102. The van der Waals surface area contributed by atoms with Gasteiger partial charge in [0.05, 0.1) is 34.4 Å². The monoisotopic (exact) mass is 480 g/mol. The minimum atomic E-state index is -3.38. The SMILES string of the molecule is Cn1cc(Oc2cc(Cl)cc(NC(=O)c3cc(N4CCCS4(=O)=O)ccc3Cl)c2)cn1. The first-order valence-electron chi connectivity index (χ1n) is 9.30. The van der Waals surface area contributed by atoms with Crippen LogP contribution in [0.3, 0.4) is 0 Å². The summed E-state index contributed by atoms with van der Waals surface area (Å²) in [5.41, 5.74) is 0.946. The summed E-state index contributed by atoms with van der Waals surface area (Å²) in [5, 5.41) is 7.33. The van der Waals surface area contributed by atoms with Crippen molar-refractivity contribution in [2.75, 3.05) is 21.9 Å². The molecule has 3 aromatic rings. The van der Waals surface area contributed by atoms with Gasteiger partial charge in [0.15, 0.2) is 5.75 Å². The van der Waals surface area contributed by atoms with Crippen LogP contribution in [0.2, 0.25) is 10.0 Å². The van der Waals surface area contributed by atoms with Gasteiger partial charge in [0, 0.05) is 30.4 Å². The molecule has 11 heteroatoms. The molecule has 8 nitrogen and oxygen atoms in total. The maximum atomic E-state index is 12.9. The Hall–Kier alpha value is -2.75. The Morgan fingerprint density at radius 2 is 1.97 bits per heavy atom. The van der Waals surface area contributed by atoms with Crippen molar-refractivity contribution in [3.8, 4) is 11.5 Å². The van der Waals surface area contributed by atoms with E-state index in [1.807, 2.05) is 0 Å². The molecule has 0 unspecified atom stereocenters. The Bertz CT molecular complexity index is 1260. The summed E-state index contributed by atoms with van der Waals surface area (Å²) in [6, 6.07) is 9.35. The number of benzene rings is 2. The minimum absolute atomic E-state index is 0.0827. The van der Waals surface area contributed by atoms with E-state index in [2.05, 4.69) is 10.4 Å². The number of nitrogens with one attached hydrogen (secondary N) is 1. The number of amides is 1. The number of hydrogen-bond acceptors (Lipinski definition) is 5. The fourth-order valence-corrected chi connectivity index (χ4v) is 5.24. The Kier molecular flexibility index (Phi) is 5.83. The molecule has 0 atom stereocenters. The van der Waals surface area contributed by atoms with E-state index >= 15 is 0 Å². The predicted molar refractivity (Wildman–Crippen MR) is 120 cm³/mol. The highest BCUT2D eigenvalue weighted by molar-refractivity contribution is 7.93. The van der Waals surface area contributed by atoms with Gasteiger partial charge in [-0.15, -0.1) is 0 Å². The molecule has 1 fully saturated rings. The zero-order valence-electron chi connectivity index (χ0n) is 16.4. The third-order valence-corrected chi connectivity index (χ3v) is 7.05. The second kappa shape index (κ2) is 8.41. The Labute approximate surface area is 189 Å². The number of carbonyl (C=O) groups excluding carboxylic acids is 1. The van der Waals surface area contributed by atoms with Gasteiger partial charge in [0.2, 0.25) is 10.0 Å². The maximum Gasteiger partial charge on any atom is 0.257 e. The minimum Gasteiger partial charge on any atom is -0.454 e. The lowest BCUT2D eigenvalue weighted by Gasteiger charge is -2.18. The Morgan fingerprint density at radius 1 is 1.16 bits per heavy atom. The first kappa shape index (κ1) is 21.5. The predicted octanol–water partition coefficient (Wildman–Crippen LogP) is 4.31.